The molecule has 0 aromatic rings. The molecule has 0 aromatic carbocycles. The van der Waals surface area contributed by atoms with E-state index in [4.69, 9.17) is 16.7 Å². The van der Waals surface area contributed by atoms with Gasteiger partial charge in [-0.05, 0) is 25.2 Å². The van der Waals surface area contributed by atoms with Crippen molar-refractivity contribution in [3.8, 4) is 0 Å². The molecule has 1 saturated carbocycles. The Bertz CT molecular complexity index is 158. The van der Waals surface area contributed by atoms with Gasteiger partial charge in [0, 0.05) is 5.38 Å². The Balaban J connectivity index is 2.50. The van der Waals surface area contributed by atoms with Crippen molar-refractivity contribution >= 4 is 17.6 Å². The van der Waals surface area contributed by atoms with E-state index in [2.05, 4.69) is 0 Å². The van der Waals surface area contributed by atoms with Crippen molar-refractivity contribution in [2.75, 3.05) is 0 Å². The van der Waals surface area contributed by atoms with Gasteiger partial charge in [-0.1, -0.05) is 6.92 Å². The molecule has 0 aromatic heterocycles. The van der Waals surface area contributed by atoms with Gasteiger partial charge in [-0.15, -0.1) is 11.6 Å². The second-order valence-corrected chi connectivity index (χ2v) is 3.95. The SMILES string of the molecule is CC1CC(Cl)CCC1C(=O)O. The molecule has 3 heteroatoms. The first-order chi connectivity index (χ1) is 5.11. The van der Waals surface area contributed by atoms with Crippen LogP contribution in [-0.2, 0) is 4.79 Å². The number of carboxylic acids is 1. The molecule has 3 unspecified atom stereocenters. The van der Waals surface area contributed by atoms with E-state index in [0.29, 0.717) is 0 Å². The maximum atomic E-state index is 10.6. The highest BCUT2D eigenvalue weighted by Gasteiger charge is 2.30. The summed E-state index contributed by atoms with van der Waals surface area (Å²) >= 11 is 5.89. The lowest BCUT2D eigenvalue weighted by Crippen LogP contribution is -2.29. The summed E-state index contributed by atoms with van der Waals surface area (Å²) < 4.78 is 0. The lowest BCUT2D eigenvalue weighted by atomic mass is 9.80. The predicted octanol–water partition coefficient (Wildman–Crippen LogP) is 2.11. The lowest BCUT2D eigenvalue weighted by molar-refractivity contribution is -0.144. The number of halogens is 1. The van der Waals surface area contributed by atoms with Crippen LogP contribution >= 0.6 is 11.6 Å². The summed E-state index contributed by atoms with van der Waals surface area (Å²) in [7, 11) is 0. The summed E-state index contributed by atoms with van der Waals surface area (Å²) in [6, 6.07) is 0. The highest BCUT2D eigenvalue weighted by Crippen LogP contribution is 2.32. The summed E-state index contributed by atoms with van der Waals surface area (Å²) in [5.41, 5.74) is 0. The van der Waals surface area contributed by atoms with Gasteiger partial charge in [0.2, 0.25) is 0 Å². The molecule has 0 radical (unpaired) electrons. The highest BCUT2D eigenvalue weighted by atomic mass is 35.5. The van der Waals surface area contributed by atoms with E-state index in [9.17, 15) is 4.79 Å². The number of alkyl halides is 1. The van der Waals surface area contributed by atoms with E-state index in [0.717, 1.165) is 19.3 Å². The standard InChI is InChI=1S/C8H13ClO2/c1-5-4-6(9)2-3-7(5)8(10)11/h5-7H,2-4H2,1H3,(H,10,11). The van der Waals surface area contributed by atoms with E-state index in [1.54, 1.807) is 0 Å². The van der Waals surface area contributed by atoms with Crippen molar-refractivity contribution in [1.29, 1.82) is 0 Å². The molecular weight excluding hydrogens is 164 g/mol. The minimum atomic E-state index is -0.666. The Morgan fingerprint density at radius 2 is 2.18 bits per heavy atom. The van der Waals surface area contributed by atoms with Crippen LogP contribution in [0.15, 0.2) is 0 Å². The van der Waals surface area contributed by atoms with Gasteiger partial charge < -0.3 is 5.11 Å². The zero-order valence-electron chi connectivity index (χ0n) is 6.59. The first-order valence-corrected chi connectivity index (χ1v) is 4.41. The summed E-state index contributed by atoms with van der Waals surface area (Å²) in [4.78, 5) is 10.6. The van der Waals surface area contributed by atoms with Crippen LogP contribution in [-0.4, -0.2) is 16.5 Å². The largest absolute Gasteiger partial charge is 0.481 e. The van der Waals surface area contributed by atoms with Crippen LogP contribution in [0.3, 0.4) is 0 Å². The van der Waals surface area contributed by atoms with Gasteiger partial charge in [0.25, 0.3) is 0 Å². The molecule has 1 aliphatic rings. The van der Waals surface area contributed by atoms with E-state index in [1.807, 2.05) is 6.92 Å². The number of hydrogen-bond donors (Lipinski definition) is 1. The van der Waals surface area contributed by atoms with E-state index >= 15 is 0 Å². The van der Waals surface area contributed by atoms with Gasteiger partial charge in [-0.25, -0.2) is 0 Å². The van der Waals surface area contributed by atoms with Crippen LogP contribution in [0.25, 0.3) is 0 Å². The molecule has 1 N–H and O–H groups in total. The van der Waals surface area contributed by atoms with Gasteiger partial charge in [0.05, 0.1) is 5.92 Å². The topological polar surface area (TPSA) is 37.3 Å². The molecule has 0 saturated heterocycles. The quantitative estimate of drug-likeness (QED) is 0.622. The molecule has 0 spiro atoms. The Morgan fingerprint density at radius 3 is 2.64 bits per heavy atom. The number of carbonyl (C=O) groups is 1. The summed E-state index contributed by atoms with van der Waals surface area (Å²) in [5.74, 6) is -0.588. The van der Waals surface area contributed by atoms with Crippen LogP contribution in [0.5, 0.6) is 0 Å². The lowest BCUT2D eigenvalue weighted by Gasteiger charge is -2.28. The van der Waals surface area contributed by atoms with Crippen molar-refractivity contribution in [1.82, 2.24) is 0 Å². The summed E-state index contributed by atoms with van der Waals surface area (Å²) in [6.45, 7) is 1.97. The molecule has 1 aliphatic carbocycles. The van der Waals surface area contributed by atoms with Crippen LogP contribution in [0.2, 0.25) is 0 Å². The second kappa shape index (κ2) is 3.44. The molecule has 1 rings (SSSR count). The van der Waals surface area contributed by atoms with Gasteiger partial charge in [-0.2, -0.15) is 0 Å². The monoisotopic (exact) mass is 176 g/mol. The molecule has 3 atom stereocenters. The van der Waals surface area contributed by atoms with E-state index < -0.39 is 5.97 Å². The highest BCUT2D eigenvalue weighted by molar-refractivity contribution is 6.20. The fourth-order valence-corrected chi connectivity index (χ4v) is 2.10. The molecule has 0 heterocycles. The van der Waals surface area contributed by atoms with Crippen LogP contribution in [0.1, 0.15) is 26.2 Å². The number of hydrogen-bond acceptors (Lipinski definition) is 1. The average Bonchev–Trinajstić information content (AvgIpc) is 1.85. The Hall–Kier alpha value is -0.240. The first kappa shape index (κ1) is 8.85. The minimum Gasteiger partial charge on any atom is -0.481 e. The van der Waals surface area contributed by atoms with Crippen molar-refractivity contribution < 1.29 is 9.90 Å². The van der Waals surface area contributed by atoms with Crippen molar-refractivity contribution in [3.05, 3.63) is 0 Å². The number of carboxylic acid groups (broad SMARTS) is 1. The fourth-order valence-electron chi connectivity index (χ4n) is 1.70. The fraction of sp³-hybridized carbons (Fsp3) is 0.875. The molecule has 2 nitrogen and oxygen atoms in total. The Labute approximate surface area is 71.5 Å². The van der Waals surface area contributed by atoms with Gasteiger partial charge in [0.15, 0.2) is 0 Å². The van der Waals surface area contributed by atoms with E-state index in [1.165, 1.54) is 0 Å². The molecule has 1 fully saturated rings. The zero-order valence-corrected chi connectivity index (χ0v) is 7.34. The number of rotatable bonds is 1. The molecule has 0 bridgehead atoms. The van der Waals surface area contributed by atoms with Gasteiger partial charge in [-0.3, -0.25) is 4.79 Å². The van der Waals surface area contributed by atoms with Crippen molar-refractivity contribution in [2.24, 2.45) is 11.8 Å². The minimum absolute atomic E-state index is 0.162. The van der Waals surface area contributed by atoms with Crippen LogP contribution < -0.4 is 0 Å². The van der Waals surface area contributed by atoms with Crippen molar-refractivity contribution in [2.45, 2.75) is 31.6 Å². The molecule has 64 valence electrons. The third kappa shape index (κ3) is 2.09. The smallest absolute Gasteiger partial charge is 0.306 e. The second-order valence-electron chi connectivity index (χ2n) is 3.33. The first-order valence-electron chi connectivity index (χ1n) is 3.98. The third-order valence-corrected chi connectivity index (χ3v) is 2.82. The molecular formula is C8H13ClO2. The van der Waals surface area contributed by atoms with Crippen LogP contribution in [0, 0.1) is 11.8 Å². The zero-order chi connectivity index (χ0) is 8.43. The molecule has 0 amide bonds. The van der Waals surface area contributed by atoms with Gasteiger partial charge >= 0.3 is 5.97 Å². The third-order valence-electron chi connectivity index (χ3n) is 2.42. The van der Waals surface area contributed by atoms with Gasteiger partial charge in [0.1, 0.15) is 0 Å². The Morgan fingerprint density at radius 1 is 1.55 bits per heavy atom. The van der Waals surface area contributed by atoms with E-state index in [-0.39, 0.29) is 17.2 Å². The van der Waals surface area contributed by atoms with Crippen molar-refractivity contribution in [3.63, 3.8) is 0 Å². The Kier molecular flexibility index (Phi) is 2.77. The predicted molar refractivity (Wildman–Crippen MR) is 43.8 cm³/mol. The average molecular weight is 177 g/mol. The van der Waals surface area contributed by atoms with Crippen LogP contribution in [0.4, 0.5) is 0 Å². The molecule has 0 aliphatic heterocycles. The summed E-state index contributed by atoms with van der Waals surface area (Å²) in [6.07, 6.45) is 2.44. The maximum Gasteiger partial charge on any atom is 0.306 e. The molecule has 11 heavy (non-hydrogen) atoms. The maximum absolute atomic E-state index is 10.6. The normalized spacial score (nSPS) is 38.5. The number of aliphatic carboxylic acids is 1. The summed E-state index contributed by atoms with van der Waals surface area (Å²) in [5, 5.41) is 8.95.